The van der Waals surface area contributed by atoms with Crippen molar-refractivity contribution in [3.8, 4) is 0 Å². The zero-order chi connectivity index (χ0) is 12.1. The van der Waals surface area contributed by atoms with Gasteiger partial charge in [0, 0.05) is 18.7 Å². The molecule has 0 aromatic heterocycles. The Morgan fingerprint density at radius 1 is 1.59 bits per heavy atom. The van der Waals surface area contributed by atoms with E-state index in [0.717, 1.165) is 12.0 Å². The van der Waals surface area contributed by atoms with Gasteiger partial charge in [0.05, 0.1) is 13.2 Å². The molecule has 1 saturated heterocycles. The van der Waals surface area contributed by atoms with Gasteiger partial charge >= 0.3 is 6.09 Å². The SMILES string of the molecule is Nc1cccc(CNC(=O)OC2CCOC2)c1. The number of alkyl carbamates (subject to hydrolysis) is 1. The number of amides is 1. The van der Waals surface area contributed by atoms with Crippen LogP contribution in [0.5, 0.6) is 0 Å². The second-order valence-electron chi connectivity index (χ2n) is 3.99. The van der Waals surface area contributed by atoms with Crippen LogP contribution in [0.2, 0.25) is 0 Å². The monoisotopic (exact) mass is 236 g/mol. The van der Waals surface area contributed by atoms with Crippen molar-refractivity contribution in [1.29, 1.82) is 0 Å². The van der Waals surface area contributed by atoms with E-state index in [-0.39, 0.29) is 6.10 Å². The number of hydrogen-bond acceptors (Lipinski definition) is 4. The molecule has 1 atom stereocenters. The maximum atomic E-state index is 11.4. The number of rotatable bonds is 3. The number of carbonyl (C=O) groups excluding carboxylic acids is 1. The van der Waals surface area contributed by atoms with E-state index in [0.29, 0.717) is 25.4 Å². The molecular formula is C12H16N2O3. The second kappa shape index (κ2) is 5.54. The lowest BCUT2D eigenvalue weighted by Crippen LogP contribution is -2.28. The Balaban J connectivity index is 1.75. The van der Waals surface area contributed by atoms with Gasteiger partial charge in [-0.3, -0.25) is 0 Å². The van der Waals surface area contributed by atoms with Crippen LogP contribution in [0.15, 0.2) is 24.3 Å². The number of benzene rings is 1. The minimum atomic E-state index is -0.414. The molecule has 0 spiro atoms. The number of hydrogen-bond donors (Lipinski definition) is 2. The molecule has 1 fully saturated rings. The van der Waals surface area contributed by atoms with Crippen LogP contribution in [0.1, 0.15) is 12.0 Å². The number of carbonyl (C=O) groups is 1. The highest BCUT2D eigenvalue weighted by Crippen LogP contribution is 2.09. The van der Waals surface area contributed by atoms with Crippen molar-refractivity contribution >= 4 is 11.8 Å². The van der Waals surface area contributed by atoms with Crippen LogP contribution in [0.3, 0.4) is 0 Å². The number of nitrogens with one attached hydrogen (secondary N) is 1. The van der Waals surface area contributed by atoms with Crippen molar-refractivity contribution in [3.05, 3.63) is 29.8 Å². The maximum absolute atomic E-state index is 11.4. The van der Waals surface area contributed by atoms with Crippen LogP contribution < -0.4 is 11.1 Å². The van der Waals surface area contributed by atoms with E-state index in [1.165, 1.54) is 0 Å². The Morgan fingerprint density at radius 2 is 2.47 bits per heavy atom. The molecule has 1 aromatic rings. The normalized spacial score (nSPS) is 18.9. The van der Waals surface area contributed by atoms with Gasteiger partial charge < -0.3 is 20.5 Å². The number of nitrogens with two attached hydrogens (primary N) is 1. The van der Waals surface area contributed by atoms with E-state index in [1.807, 2.05) is 18.2 Å². The van der Waals surface area contributed by atoms with Crippen LogP contribution in [0, 0.1) is 0 Å². The fourth-order valence-corrected chi connectivity index (χ4v) is 1.68. The molecule has 0 radical (unpaired) electrons. The summed E-state index contributed by atoms with van der Waals surface area (Å²) in [5.41, 5.74) is 7.27. The van der Waals surface area contributed by atoms with Gasteiger partial charge in [-0.15, -0.1) is 0 Å². The summed E-state index contributed by atoms with van der Waals surface area (Å²) in [6.45, 7) is 1.57. The third-order valence-electron chi connectivity index (χ3n) is 2.55. The molecule has 5 nitrogen and oxygen atoms in total. The maximum Gasteiger partial charge on any atom is 0.407 e. The van der Waals surface area contributed by atoms with Crippen molar-refractivity contribution in [2.45, 2.75) is 19.1 Å². The Morgan fingerprint density at radius 3 is 3.18 bits per heavy atom. The molecule has 2 rings (SSSR count). The molecule has 0 saturated carbocycles. The summed E-state index contributed by atoms with van der Waals surface area (Å²) in [6.07, 6.45) is 0.241. The molecule has 5 heteroatoms. The molecule has 1 aliphatic rings. The topological polar surface area (TPSA) is 73.6 Å². The molecule has 1 unspecified atom stereocenters. The third kappa shape index (κ3) is 3.64. The first-order valence-corrected chi connectivity index (χ1v) is 5.60. The number of anilines is 1. The van der Waals surface area contributed by atoms with E-state index in [9.17, 15) is 4.79 Å². The van der Waals surface area contributed by atoms with Crippen molar-refractivity contribution in [3.63, 3.8) is 0 Å². The zero-order valence-electron chi connectivity index (χ0n) is 9.52. The molecule has 1 amide bonds. The standard InChI is InChI=1S/C12H16N2O3/c13-10-3-1-2-9(6-10)7-14-12(15)17-11-4-5-16-8-11/h1-3,6,11H,4-5,7-8,13H2,(H,14,15). The van der Waals surface area contributed by atoms with Gasteiger partial charge in [-0.2, -0.15) is 0 Å². The molecule has 1 aliphatic heterocycles. The summed E-state index contributed by atoms with van der Waals surface area (Å²) in [6, 6.07) is 7.37. The van der Waals surface area contributed by atoms with Gasteiger partial charge in [0.25, 0.3) is 0 Å². The molecule has 1 heterocycles. The Labute approximate surface area is 99.9 Å². The average Bonchev–Trinajstić information content (AvgIpc) is 2.79. The van der Waals surface area contributed by atoms with Gasteiger partial charge in [-0.25, -0.2) is 4.79 Å². The molecule has 1 aromatic carbocycles. The first-order chi connectivity index (χ1) is 8.24. The summed E-state index contributed by atoms with van der Waals surface area (Å²) in [5, 5.41) is 2.68. The second-order valence-corrected chi connectivity index (χ2v) is 3.99. The van der Waals surface area contributed by atoms with E-state index in [2.05, 4.69) is 5.32 Å². The lowest BCUT2D eigenvalue weighted by Gasteiger charge is -2.11. The summed E-state index contributed by atoms with van der Waals surface area (Å²) >= 11 is 0. The first kappa shape index (κ1) is 11.7. The van der Waals surface area contributed by atoms with Gasteiger partial charge in [0.1, 0.15) is 6.10 Å². The zero-order valence-corrected chi connectivity index (χ0v) is 9.52. The summed E-state index contributed by atoms with van der Waals surface area (Å²) in [5.74, 6) is 0. The molecule has 3 N–H and O–H groups in total. The summed E-state index contributed by atoms with van der Waals surface area (Å²) < 4.78 is 10.3. The lowest BCUT2D eigenvalue weighted by atomic mass is 10.2. The predicted octanol–water partition coefficient (Wildman–Crippen LogP) is 1.28. The fraction of sp³-hybridized carbons (Fsp3) is 0.417. The Bertz CT molecular complexity index is 389. The van der Waals surface area contributed by atoms with Gasteiger partial charge in [0.2, 0.25) is 0 Å². The van der Waals surface area contributed by atoms with Gasteiger partial charge in [-0.1, -0.05) is 12.1 Å². The molecule has 0 bridgehead atoms. The van der Waals surface area contributed by atoms with Crippen LogP contribution >= 0.6 is 0 Å². The first-order valence-electron chi connectivity index (χ1n) is 5.60. The lowest BCUT2D eigenvalue weighted by molar-refractivity contribution is 0.0828. The number of ether oxygens (including phenoxy) is 2. The smallest absolute Gasteiger partial charge is 0.407 e. The highest BCUT2D eigenvalue weighted by molar-refractivity contribution is 5.67. The molecule has 0 aliphatic carbocycles. The summed E-state index contributed by atoms with van der Waals surface area (Å²) in [4.78, 5) is 11.4. The van der Waals surface area contributed by atoms with Gasteiger partial charge in [0.15, 0.2) is 0 Å². The summed E-state index contributed by atoms with van der Waals surface area (Å²) in [7, 11) is 0. The highest BCUT2D eigenvalue weighted by Gasteiger charge is 2.19. The minimum absolute atomic E-state index is 0.115. The van der Waals surface area contributed by atoms with E-state index in [1.54, 1.807) is 6.07 Å². The van der Waals surface area contributed by atoms with E-state index >= 15 is 0 Å². The van der Waals surface area contributed by atoms with E-state index < -0.39 is 6.09 Å². The minimum Gasteiger partial charge on any atom is -0.444 e. The largest absolute Gasteiger partial charge is 0.444 e. The number of nitrogen functional groups attached to an aromatic ring is 1. The van der Waals surface area contributed by atoms with Crippen LogP contribution in [-0.2, 0) is 16.0 Å². The van der Waals surface area contributed by atoms with E-state index in [4.69, 9.17) is 15.2 Å². The third-order valence-corrected chi connectivity index (χ3v) is 2.55. The van der Waals surface area contributed by atoms with Crippen LogP contribution in [-0.4, -0.2) is 25.4 Å². The van der Waals surface area contributed by atoms with Crippen molar-refractivity contribution in [2.75, 3.05) is 18.9 Å². The predicted molar refractivity (Wildman–Crippen MR) is 63.4 cm³/mol. The van der Waals surface area contributed by atoms with Crippen molar-refractivity contribution < 1.29 is 14.3 Å². The van der Waals surface area contributed by atoms with Crippen molar-refractivity contribution in [1.82, 2.24) is 5.32 Å². The molecule has 17 heavy (non-hydrogen) atoms. The van der Waals surface area contributed by atoms with Crippen LogP contribution in [0.4, 0.5) is 10.5 Å². The average molecular weight is 236 g/mol. The molecule has 92 valence electrons. The Hall–Kier alpha value is -1.75. The Kier molecular flexibility index (Phi) is 3.82. The molecular weight excluding hydrogens is 220 g/mol. The van der Waals surface area contributed by atoms with Crippen LogP contribution in [0.25, 0.3) is 0 Å². The quantitative estimate of drug-likeness (QED) is 0.775. The highest BCUT2D eigenvalue weighted by atomic mass is 16.6. The van der Waals surface area contributed by atoms with Gasteiger partial charge in [-0.05, 0) is 17.7 Å². The van der Waals surface area contributed by atoms with Crippen molar-refractivity contribution in [2.24, 2.45) is 0 Å². The fourth-order valence-electron chi connectivity index (χ4n) is 1.68.